The molecular weight excluding hydrogens is 427 g/mol. The van der Waals surface area contributed by atoms with Crippen LogP contribution in [0.3, 0.4) is 0 Å². The highest BCUT2D eigenvalue weighted by atomic mass is 19.1. The van der Waals surface area contributed by atoms with Gasteiger partial charge >= 0.3 is 0 Å². The minimum absolute atomic E-state index is 0.143. The lowest BCUT2D eigenvalue weighted by Gasteiger charge is -2.35. The van der Waals surface area contributed by atoms with Crippen molar-refractivity contribution in [3.63, 3.8) is 0 Å². The van der Waals surface area contributed by atoms with Crippen LogP contribution in [0, 0.1) is 5.82 Å². The maximum absolute atomic E-state index is 14.3. The number of anilines is 3. The summed E-state index contributed by atoms with van der Waals surface area (Å²) in [4.78, 5) is 23.7. The summed E-state index contributed by atoms with van der Waals surface area (Å²) >= 11 is 0. The summed E-state index contributed by atoms with van der Waals surface area (Å²) in [6.45, 7) is 7.38. The molecule has 4 rings (SSSR count). The number of likely N-dealkylation sites (tertiary alicyclic amines) is 1. The van der Waals surface area contributed by atoms with Gasteiger partial charge in [-0.25, -0.2) is 14.4 Å². The number of halogens is 1. The average molecular weight is 457 g/mol. The van der Waals surface area contributed by atoms with E-state index in [1.54, 1.807) is 24.4 Å². The van der Waals surface area contributed by atoms with Crippen molar-refractivity contribution in [2.75, 3.05) is 30.3 Å². The summed E-state index contributed by atoms with van der Waals surface area (Å²) < 4.78 is 15.7. The molecule has 0 bridgehead atoms. The van der Waals surface area contributed by atoms with E-state index in [9.17, 15) is 19.4 Å². The normalized spacial score (nSPS) is 15.0. The predicted octanol–water partition coefficient (Wildman–Crippen LogP) is 2.05. The van der Waals surface area contributed by atoms with E-state index >= 15 is 0 Å². The van der Waals surface area contributed by atoms with E-state index in [1.807, 2.05) is 25.7 Å². The molecule has 1 aliphatic heterocycles. The number of aliphatic hydroxyl groups is 2. The fourth-order valence-corrected chi connectivity index (χ4v) is 3.81. The Bertz CT molecular complexity index is 1220. The first-order valence-electron chi connectivity index (χ1n) is 10.9. The summed E-state index contributed by atoms with van der Waals surface area (Å²) in [5, 5.41) is 26.2. The van der Waals surface area contributed by atoms with Crippen molar-refractivity contribution in [3.05, 3.63) is 52.3 Å². The minimum atomic E-state index is -0.409. The first-order valence-corrected chi connectivity index (χ1v) is 10.9. The molecule has 1 aliphatic rings. The molecule has 0 atom stereocenters. The van der Waals surface area contributed by atoms with Crippen molar-refractivity contribution in [2.45, 2.75) is 45.5 Å². The van der Waals surface area contributed by atoms with Gasteiger partial charge in [-0.2, -0.15) is 0 Å². The van der Waals surface area contributed by atoms with Gasteiger partial charge in [0.15, 0.2) is 0 Å². The largest absolute Gasteiger partial charge is 0.395 e. The first-order chi connectivity index (χ1) is 15.6. The monoisotopic (exact) mass is 456 g/mol. The third-order valence-electron chi connectivity index (χ3n) is 5.32. The lowest BCUT2D eigenvalue weighted by Crippen LogP contribution is -2.49. The second kappa shape index (κ2) is 9.05. The van der Waals surface area contributed by atoms with Crippen molar-refractivity contribution < 1.29 is 14.6 Å². The van der Waals surface area contributed by atoms with Crippen LogP contribution in [0.4, 0.5) is 21.8 Å². The van der Waals surface area contributed by atoms with Crippen molar-refractivity contribution in [1.29, 1.82) is 0 Å². The number of nitrogens with one attached hydrogen (secondary N) is 2. The molecule has 0 aliphatic carbocycles. The lowest BCUT2D eigenvalue weighted by molar-refractivity contribution is -0.00342. The Kier molecular flexibility index (Phi) is 6.33. The van der Waals surface area contributed by atoms with Crippen LogP contribution >= 0.6 is 0 Å². The third-order valence-corrected chi connectivity index (χ3v) is 5.32. The molecule has 0 spiro atoms. The Morgan fingerprint density at radius 3 is 2.67 bits per heavy atom. The molecule has 3 aromatic rings. The van der Waals surface area contributed by atoms with Crippen molar-refractivity contribution in [3.8, 4) is 0 Å². The number of aromatic nitrogens is 3. The second-order valence-corrected chi connectivity index (χ2v) is 9.37. The van der Waals surface area contributed by atoms with Gasteiger partial charge in [-0.05, 0) is 44.4 Å². The lowest BCUT2D eigenvalue weighted by atomic mass is 10.1. The van der Waals surface area contributed by atoms with Crippen molar-refractivity contribution in [2.24, 2.45) is 0 Å². The molecule has 4 heterocycles. The molecule has 4 N–H and O–H groups in total. The molecule has 33 heavy (non-hydrogen) atoms. The molecule has 3 aromatic heterocycles. The Morgan fingerprint density at radius 1 is 1.24 bits per heavy atom. The van der Waals surface area contributed by atoms with Crippen LogP contribution in [-0.4, -0.2) is 61.0 Å². The van der Waals surface area contributed by atoms with E-state index in [2.05, 4.69) is 20.6 Å². The van der Waals surface area contributed by atoms with E-state index in [-0.39, 0.29) is 30.4 Å². The Morgan fingerprint density at radius 2 is 2.00 bits per heavy atom. The van der Waals surface area contributed by atoms with Gasteiger partial charge in [-0.15, -0.1) is 0 Å². The summed E-state index contributed by atoms with van der Waals surface area (Å²) in [5.41, 5.74) is -0.127. The SMILES string of the molecule is CC(C)(C)Nc1nc(Nc2cc(CN3CC(O)C3)c(F)cn2)cc2ccn(CCO)c(=O)c12. The van der Waals surface area contributed by atoms with Crippen LogP contribution in [0.15, 0.2) is 35.4 Å². The highest BCUT2D eigenvalue weighted by Gasteiger charge is 2.25. The van der Waals surface area contributed by atoms with E-state index in [1.165, 1.54) is 4.57 Å². The number of aliphatic hydroxyl groups excluding tert-OH is 2. The van der Waals surface area contributed by atoms with Gasteiger partial charge in [0.1, 0.15) is 23.3 Å². The molecule has 1 saturated heterocycles. The highest BCUT2D eigenvalue weighted by Crippen LogP contribution is 2.27. The topological polar surface area (TPSA) is 116 Å². The number of pyridine rings is 3. The number of fused-ring (bicyclic) bond motifs is 1. The van der Waals surface area contributed by atoms with Crippen LogP contribution in [0.2, 0.25) is 0 Å². The predicted molar refractivity (Wildman–Crippen MR) is 125 cm³/mol. The summed E-state index contributed by atoms with van der Waals surface area (Å²) in [7, 11) is 0. The third kappa shape index (κ3) is 5.29. The summed E-state index contributed by atoms with van der Waals surface area (Å²) in [5.74, 6) is 0.886. The Balaban J connectivity index is 1.69. The maximum atomic E-state index is 14.3. The quantitative estimate of drug-likeness (QED) is 0.427. The van der Waals surface area contributed by atoms with Crippen LogP contribution in [0.25, 0.3) is 10.8 Å². The van der Waals surface area contributed by atoms with Gasteiger partial charge in [0.05, 0.1) is 24.3 Å². The molecule has 176 valence electrons. The maximum Gasteiger partial charge on any atom is 0.262 e. The molecule has 10 heteroatoms. The Hall–Kier alpha value is -3.08. The summed E-state index contributed by atoms with van der Waals surface area (Å²) in [6, 6.07) is 5.16. The molecule has 0 aromatic carbocycles. The molecule has 0 radical (unpaired) electrons. The molecule has 0 unspecified atom stereocenters. The van der Waals surface area contributed by atoms with E-state index in [4.69, 9.17) is 0 Å². The number of hydrogen-bond donors (Lipinski definition) is 4. The molecule has 0 amide bonds. The van der Waals surface area contributed by atoms with Gasteiger partial charge in [-0.3, -0.25) is 9.69 Å². The Labute approximate surface area is 190 Å². The van der Waals surface area contributed by atoms with Crippen LogP contribution in [0.5, 0.6) is 0 Å². The smallest absolute Gasteiger partial charge is 0.262 e. The second-order valence-electron chi connectivity index (χ2n) is 9.37. The standard InChI is InChI=1S/C23H29FN6O3/c1-23(2,3)28-21-20-14(4-5-30(6-7-31)22(20)33)8-19(27-21)26-18-9-15(17(24)10-25-18)11-29-12-16(32)13-29/h4-5,8-10,16,31-32H,6-7,11-13H2,1-3H3,(H2,25,26,27,28). The van der Waals surface area contributed by atoms with Crippen molar-refractivity contribution >= 4 is 28.2 Å². The molecule has 0 saturated carbocycles. The minimum Gasteiger partial charge on any atom is -0.395 e. The number of β-amino-alcohol motifs (C(OH)–C–C–N with tert-alkyl or cyclic N) is 1. The van der Waals surface area contributed by atoms with Gasteiger partial charge < -0.3 is 25.4 Å². The van der Waals surface area contributed by atoms with Crippen molar-refractivity contribution in [1.82, 2.24) is 19.4 Å². The number of rotatable bonds is 7. The zero-order chi connectivity index (χ0) is 23.8. The van der Waals surface area contributed by atoms with E-state index in [0.29, 0.717) is 53.4 Å². The number of hydrogen-bond acceptors (Lipinski definition) is 8. The highest BCUT2D eigenvalue weighted by molar-refractivity contribution is 5.93. The van der Waals surface area contributed by atoms with Gasteiger partial charge in [0.25, 0.3) is 5.56 Å². The molecular formula is C23H29FN6O3. The molecule has 9 nitrogen and oxygen atoms in total. The van der Waals surface area contributed by atoms with Gasteiger partial charge in [0.2, 0.25) is 0 Å². The first kappa shape index (κ1) is 23.1. The number of nitrogens with zero attached hydrogens (tertiary/aromatic N) is 4. The van der Waals surface area contributed by atoms with E-state index < -0.39 is 5.82 Å². The van der Waals surface area contributed by atoms with Crippen LogP contribution in [0.1, 0.15) is 26.3 Å². The fraction of sp³-hybridized carbons (Fsp3) is 0.435. The van der Waals surface area contributed by atoms with E-state index in [0.717, 1.165) is 6.20 Å². The van der Waals surface area contributed by atoms with Gasteiger partial charge in [0, 0.05) is 43.5 Å². The van der Waals surface area contributed by atoms with Crippen LogP contribution in [-0.2, 0) is 13.1 Å². The molecule has 1 fully saturated rings. The fourth-order valence-electron chi connectivity index (χ4n) is 3.81. The zero-order valence-corrected chi connectivity index (χ0v) is 19.0. The average Bonchev–Trinajstić information content (AvgIpc) is 2.70. The summed E-state index contributed by atoms with van der Waals surface area (Å²) in [6.07, 6.45) is 2.45. The zero-order valence-electron chi connectivity index (χ0n) is 19.0. The van der Waals surface area contributed by atoms with Crippen LogP contribution < -0.4 is 16.2 Å². The van der Waals surface area contributed by atoms with Gasteiger partial charge in [-0.1, -0.05) is 0 Å².